The first-order valence-electron chi connectivity index (χ1n) is 10.8. The van der Waals surface area contributed by atoms with Crippen LogP contribution in [0.3, 0.4) is 0 Å². The highest BCUT2D eigenvalue weighted by molar-refractivity contribution is 5.62. The molecule has 0 spiro atoms. The lowest BCUT2D eigenvalue weighted by molar-refractivity contribution is -0.134. The van der Waals surface area contributed by atoms with Crippen LogP contribution >= 0.6 is 0 Å². The molecule has 1 N–H and O–H groups in total. The van der Waals surface area contributed by atoms with Gasteiger partial charge in [0, 0.05) is 12.5 Å². The van der Waals surface area contributed by atoms with E-state index in [4.69, 9.17) is 9.90 Å². The topological polar surface area (TPSA) is 47.0 Å². The Morgan fingerprint density at radius 3 is 0.815 bits per heavy atom. The minimum atomic E-state index is -0.833. The van der Waals surface area contributed by atoms with E-state index in [1.54, 1.807) is 0 Å². The molecule has 0 aromatic heterocycles. The summed E-state index contributed by atoms with van der Waals surface area (Å²) in [5.74, 6) is -0.833. The van der Waals surface area contributed by atoms with E-state index in [9.17, 15) is 0 Å². The molecule has 0 amide bonds. The molecular formula is C22H53N3O2. The van der Waals surface area contributed by atoms with Crippen molar-refractivity contribution in [2.45, 2.75) is 88.6 Å². The van der Waals surface area contributed by atoms with Gasteiger partial charge in [0.05, 0.1) is 0 Å². The summed E-state index contributed by atoms with van der Waals surface area (Å²) in [5, 5.41) is 7.42. The van der Waals surface area contributed by atoms with E-state index >= 15 is 0 Å². The van der Waals surface area contributed by atoms with Crippen LogP contribution in [-0.4, -0.2) is 83.7 Å². The lowest BCUT2D eigenvalue weighted by atomic mass is 10.1. The van der Waals surface area contributed by atoms with E-state index < -0.39 is 5.97 Å². The second kappa shape index (κ2) is 23.4. The van der Waals surface area contributed by atoms with Crippen molar-refractivity contribution in [3.63, 3.8) is 0 Å². The van der Waals surface area contributed by atoms with Crippen molar-refractivity contribution in [1.82, 2.24) is 14.7 Å². The van der Waals surface area contributed by atoms with Crippen LogP contribution in [0.4, 0.5) is 0 Å². The third-order valence-corrected chi connectivity index (χ3v) is 4.40. The molecule has 0 heterocycles. The average molecular weight is 392 g/mol. The zero-order valence-corrected chi connectivity index (χ0v) is 20.9. The maximum absolute atomic E-state index is 9.00. The average Bonchev–Trinajstić information content (AvgIpc) is 2.58. The molecule has 0 atom stereocenters. The van der Waals surface area contributed by atoms with E-state index in [2.05, 4.69) is 90.9 Å². The fourth-order valence-electron chi connectivity index (χ4n) is 2.51. The van der Waals surface area contributed by atoms with E-state index in [1.165, 1.54) is 39.3 Å². The highest BCUT2D eigenvalue weighted by Gasteiger charge is 2.16. The Bertz CT molecular complexity index is 253. The molecule has 0 radical (unpaired) electrons. The van der Waals surface area contributed by atoms with Crippen molar-refractivity contribution in [3.05, 3.63) is 0 Å². The minimum absolute atomic E-state index is 0.351. The summed E-state index contributed by atoms with van der Waals surface area (Å²) in [4.78, 5) is 16.2. The SMILES string of the molecule is CC(=O)O.CCN(CC)C(C)(C)C.CCN(CC)CC.CCN(CC)CC. The fourth-order valence-corrected chi connectivity index (χ4v) is 2.51. The number of carboxylic acid groups (broad SMARTS) is 1. The van der Waals surface area contributed by atoms with Gasteiger partial charge in [-0.25, -0.2) is 0 Å². The largest absolute Gasteiger partial charge is 0.481 e. The van der Waals surface area contributed by atoms with E-state index in [0.717, 1.165) is 20.0 Å². The third-order valence-electron chi connectivity index (χ3n) is 4.40. The van der Waals surface area contributed by atoms with Crippen LogP contribution in [0.2, 0.25) is 0 Å². The molecule has 0 rings (SSSR count). The first-order valence-corrected chi connectivity index (χ1v) is 10.8. The van der Waals surface area contributed by atoms with Crippen LogP contribution in [-0.2, 0) is 4.79 Å². The summed E-state index contributed by atoms with van der Waals surface area (Å²) in [5.41, 5.74) is 0.351. The molecule has 0 saturated heterocycles. The van der Waals surface area contributed by atoms with Gasteiger partial charge in [-0.3, -0.25) is 9.69 Å². The van der Waals surface area contributed by atoms with Gasteiger partial charge >= 0.3 is 0 Å². The summed E-state index contributed by atoms with van der Waals surface area (Å²) < 4.78 is 0. The standard InChI is InChI=1S/C8H19N.2C6H15N.C2H4O2/c1-6-9(7-2)8(3,4)5;2*1-4-7(5-2)6-3;1-2(3)4/h6-7H2,1-5H3;2*4-6H2,1-3H3;1H3,(H,3,4). The molecule has 168 valence electrons. The Morgan fingerprint density at radius 1 is 0.630 bits per heavy atom. The van der Waals surface area contributed by atoms with Gasteiger partial charge in [0.15, 0.2) is 0 Å². The summed E-state index contributed by atoms with van der Waals surface area (Å²) >= 11 is 0. The predicted molar refractivity (Wildman–Crippen MR) is 123 cm³/mol. The molecule has 5 heteroatoms. The van der Waals surface area contributed by atoms with Gasteiger partial charge < -0.3 is 14.9 Å². The van der Waals surface area contributed by atoms with Gasteiger partial charge in [0.25, 0.3) is 5.97 Å². The van der Waals surface area contributed by atoms with Crippen molar-refractivity contribution < 1.29 is 9.90 Å². The number of carboxylic acids is 1. The number of aliphatic carboxylic acids is 1. The van der Waals surface area contributed by atoms with Crippen LogP contribution in [0.25, 0.3) is 0 Å². The zero-order chi connectivity index (χ0) is 22.5. The smallest absolute Gasteiger partial charge is 0.300 e. The normalized spacial score (nSPS) is 10.5. The molecule has 0 aromatic rings. The lowest BCUT2D eigenvalue weighted by Crippen LogP contribution is -2.40. The summed E-state index contributed by atoms with van der Waals surface area (Å²) in [6, 6.07) is 0. The van der Waals surface area contributed by atoms with Crippen LogP contribution < -0.4 is 0 Å². The van der Waals surface area contributed by atoms with Crippen molar-refractivity contribution in [3.8, 4) is 0 Å². The van der Waals surface area contributed by atoms with E-state index in [0.29, 0.717) is 5.54 Å². The number of carbonyl (C=O) groups is 1. The number of rotatable bonds is 8. The maximum atomic E-state index is 9.00. The highest BCUT2D eigenvalue weighted by Crippen LogP contribution is 2.10. The quantitative estimate of drug-likeness (QED) is 0.637. The fraction of sp³-hybridized carbons (Fsp3) is 0.955. The monoisotopic (exact) mass is 391 g/mol. The van der Waals surface area contributed by atoms with Crippen LogP contribution in [0.15, 0.2) is 0 Å². The minimum Gasteiger partial charge on any atom is -0.481 e. The Hall–Kier alpha value is -0.650. The lowest BCUT2D eigenvalue weighted by Gasteiger charge is -2.33. The Labute approximate surface area is 172 Å². The molecule has 0 saturated carbocycles. The molecule has 0 aliphatic rings. The van der Waals surface area contributed by atoms with Crippen molar-refractivity contribution in [1.29, 1.82) is 0 Å². The zero-order valence-electron chi connectivity index (χ0n) is 20.9. The summed E-state index contributed by atoms with van der Waals surface area (Å²) in [6.45, 7) is 34.8. The summed E-state index contributed by atoms with van der Waals surface area (Å²) in [7, 11) is 0. The van der Waals surface area contributed by atoms with Gasteiger partial charge in [-0.05, 0) is 73.1 Å². The molecular weight excluding hydrogens is 338 g/mol. The van der Waals surface area contributed by atoms with Gasteiger partial charge in [-0.2, -0.15) is 0 Å². The second-order valence-corrected chi connectivity index (χ2v) is 7.10. The molecule has 0 aliphatic heterocycles. The number of hydrogen-bond donors (Lipinski definition) is 1. The van der Waals surface area contributed by atoms with Gasteiger partial charge in [-0.1, -0.05) is 55.4 Å². The van der Waals surface area contributed by atoms with Crippen LogP contribution in [0, 0.1) is 0 Å². The first kappa shape index (κ1) is 33.9. The molecule has 0 aromatic carbocycles. The Kier molecular flexibility index (Phi) is 29.4. The van der Waals surface area contributed by atoms with Crippen LogP contribution in [0.1, 0.15) is 83.1 Å². The maximum Gasteiger partial charge on any atom is 0.300 e. The van der Waals surface area contributed by atoms with Crippen molar-refractivity contribution >= 4 is 5.97 Å². The van der Waals surface area contributed by atoms with Gasteiger partial charge in [0.2, 0.25) is 0 Å². The van der Waals surface area contributed by atoms with E-state index in [-0.39, 0.29) is 0 Å². The molecule has 0 aliphatic carbocycles. The predicted octanol–water partition coefficient (Wildman–Crippen LogP) is 4.91. The third kappa shape index (κ3) is 30.3. The van der Waals surface area contributed by atoms with Crippen molar-refractivity contribution in [2.24, 2.45) is 0 Å². The molecule has 27 heavy (non-hydrogen) atoms. The van der Waals surface area contributed by atoms with Crippen LogP contribution in [0.5, 0.6) is 0 Å². The summed E-state index contributed by atoms with van der Waals surface area (Å²) in [6.07, 6.45) is 0. The molecule has 0 fully saturated rings. The van der Waals surface area contributed by atoms with Crippen molar-refractivity contribution in [2.75, 3.05) is 52.4 Å². The van der Waals surface area contributed by atoms with Gasteiger partial charge in [-0.15, -0.1) is 0 Å². The van der Waals surface area contributed by atoms with Gasteiger partial charge in [0.1, 0.15) is 0 Å². The molecule has 5 nitrogen and oxygen atoms in total. The van der Waals surface area contributed by atoms with E-state index in [1.807, 2.05) is 0 Å². The second-order valence-electron chi connectivity index (χ2n) is 7.10. The number of nitrogens with zero attached hydrogens (tertiary/aromatic N) is 3. The number of hydrogen-bond acceptors (Lipinski definition) is 4. The highest BCUT2D eigenvalue weighted by atomic mass is 16.4. The molecule has 0 bridgehead atoms. The Morgan fingerprint density at radius 2 is 0.815 bits per heavy atom. The first-order chi connectivity index (χ1) is 12.4. The molecule has 0 unspecified atom stereocenters. The Balaban J connectivity index is -0.000000135.